The van der Waals surface area contributed by atoms with E-state index < -0.39 is 18.4 Å². The van der Waals surface area contributed by atoms with E-state index in [2.05, 4.69) is 10.1 Å². The van der Waals surface area contributed by atoms with Crippen LogP contribution >= 0.6 is 0 Å². The monoisotopic (exact) mass is 266 g/mol. The summed E-state index contributed by atoms with van der Waals surface area (Å²) in [6, 6.07) is 3.46. The molecule has 0 amide bonds. The third kappa shape index (κ3) is 1.77. The Bertz CT molecular complexity index is 602. The maximum atomic E-state index is 14.3. The van der Waals surface area contributed by atoms with Gasteiger partial charge in [0.15, 0.2) is 5.82 Å². The minimum absolute atomic E-state index is 0.196. The number of hydrogen-bond acceptors (Lipinski definition) is 5. The van der Waals surface area contributed by atoms with Gasteiger partial charge in [0.1, 0.15) is 24.1 Å². The molecule has 1 saturated heterocycles. The maximum absolute atomic E-state index is 14.3. The molecular formula is C12H15FN4O2. The first-order valence-electron chi connectivity index (χ1n) is 6.12. The second-order valence-electron chi connectivity index (χ2n) is 4.78. The van der Waals surface area contributed by atoms with E-state index in [9.17, 15) is 9.50 Å². The summed E-state index contributed by atoms with van der Waals surface area (Å²) in [5.74, 6) is -0.0267. The molecule has 0 aromatic carbocycles. The number of fused-ring (bicyclic) bond motifs is 1. The van der Waals surface area contributed by atoms with Crippen LogP contribution in [0.1, 0.15) is 18.7 Å². The Hall–Kier alpha value is -1.73. The molecular weight excluding hydrogens is 251 g/mol. The first-order valence-corrected chi connectivity index (χ1v) is 6.12. The number of aromatic nitrogens is 3. The third-order valence-electron chi connectivity index (χ3n) is 3.68. The molecule has 3 heterocycles. The Morgan fingerprint density at radius 2 is 2.32 bits per heavy atom. The largest absolute Gasteiger partial charge is 0.394 e. The summed E-state index contributed by atoms with van der Waals surface area (Å²) < 4.78 is 21.4. The van der Waals surface area contributed by atoms with Crippen LogP contribution in [0.15, 0.2) is 18.5 Å². The zero-order valence-electron chi connectivity index (χ0n) is 10.4. The lowest BCUT2D eigenvalue weighted by Gasteiger charge is -2.13. The van der Waals surface area contributed by atoms with Crippen LogP contribution in [0, 0.1) is 5.92 Å². The average Bonchev–Trinajstić information content (AvgIpc) is 2.94. The van der Waals surface area contributed by atoms with Crippen molar-refractivity contribution in [3.8, 4) is 0 Å². The number of ether oxygens (including phenoxy) is 1. The lowest BCUT2D eigenvalue weighted by Crippen LogP contribution is -2.21. The molecule has 3 N–H and O–H groups in total. The number of halogens is 1. The highest BCUT2D eigenvalue weighted by molar-refractivity contribution is 5.65. The fourth-order valence-corrected chi connectivity index (χ4v) is 2.50. The van der Waals surface area contributed by atoms with Crippen LogP contribution in [0.5, 0.6) is 0 Å². The number of aliphatic hydroxyl groups excluding tert-OH is 1. The van der Waals surface area contributed by atoms with Crippen molar-refractivity contribution in [3.05, 3.63) is 24.2 Å². The van der Waals surface area contributed by atoms with Crippen molar-refractivity contribution in [2.24, 2.45) is 5.92 Å². The van der Waals surface area contributed by atoms with E-state index in [-0.39, 0.29) is 12.5 Å². The summed E-state index contributed by atoms with van der Waals surface area (Å²) in [5, 5.41) is 13.3. The summed E-state index contributed by atoms with van der Waals surface area (Å²) >= 11 is 0. The zero-order valence-corrected chi connectivity index (χ0v) is 10.4. The molecule has 2 aromatic heterocycles. The van der Waals surface area contributed by atoms with Gasteiger partial charge in [-0.2, -0.15) is 5.10 Å². The molecule has 4 atom stereocenters. The van der Waals surface area contributed by atoms with Crippen molar-refractivity contribution in [2.45, 2.75) is 25.3 Å². The van der Waals surface area contributed by atoms with Crippen LogP contribution < -0.4 is 5.73 Å². The molecule has 3 rings (SSSR count). The fourth-order valence-electron chi connectivity index (χ4n) is 2.50. The molecule has 0 aliphatic carbocycles. The Balaban J connectivity index is 2.04. The molecule has 2 aromatic rings. The van der Waals surface area contributed by atoms with Crippen LogP contribution in [-0.4, -0.2) is 38.6 Å². The number of nitrogens with two attached hydrogens (primary N) is 1. The van der Waals surface area contributed by atoms with Crippen molar-refractivity contribution < 1.29 is 14.2 Å². The Morgan fingerprint density at radius 1 is 1.53 bits per heavy atom. The molecule has 0 bridgehead atoms. The van der Waals surface area contributed by atoms with Gasteiger partial charge in [0.05, 0.1) is 18.4 Å². The van der Waals surface area contributed by atoms with E-state index in [1.54, 1.807) is 19.1 Å². The van der Waals surface area contributed by atoms with Crippen molar-refractivity contribution in [3.63, 3.8) is 0 Å². The summed E-state index contributed by atoms with van der Waals surface area (Å²) in [5.41, 5.74) is 6.94. The molecule has 1 aliphatic rings. The standard InChI is InChI=1S/C12H15FN4O2/c1-6-9(4-18)19-11(10(6)13)7-2-3-8-12(14)15-5-16-17(7)8/h2-3,5-6,9-11,18H,4H2,1H3,(H2,14,15,16)/t6-,9-,10+,11+/m1/s1. The van der Waals surface area contributed by atoms with Crippen LogP contribution in [0.3, 0.4) is 0 Å². The van der Waals surface area contributed by atoms with E-state index >= 15 is 0 Å². The van der Waals surface area contributed by atoms with Gasteiger partial charge in [-0.15, -0.1) is 0 Å². The summed E-state index contributed by atoms with van der Waals surface area (Å²) in [4.78, 5) is 3.88. The summed E-state index contributed by atoms with van der Waals surface area (Å²) in [6.07, 6.45) is -1.11. The minimum Gasteiger partial charge on any atom is -0.394 e. The van der Waals surface area contributed by atoms with Gasteiger partial charge in [-0.1, -0.05) is 6.92 Å². The molecule has 0 unspecified atom stereocenters. The van der Waals surface area contributed by atoms with Crippen molar-refractivity contribution in [2.75, 3.05) is 12.3 Å². The third-order valence-corrected chi connectivity index (χ3v) is 3.68. The summed E-state index contributed by atoms with van der Waals surface area (Å²) in [6.45, 7) is 1.53. The number of alkyl halides is 1. The van der Waals surface area contributed by atoms with E-state index in [0.717, 1.165) is 0 Å². The normalized spacial score (nSPS) is 31.1. The van der Waals surface area contributed by atoms with Gasteiger partial charge in [-0.3, -0.25) is 0 Å². The van der Waals surface area contributed by atoms with Crippen LogP contribution in [0.25, 0.3) is 5.52 Å². The van der Waals surface area contributed by atoms with E-state index in [1.165, 1.54) is 10.8 Å². The molecule has 1 fully saturated rings. The number of nitrogens with zero attached hydrogens (tertiary/aromatic N) is 3. The topological polar surface area (TPSA) is 85.7 Å². The molecule has 0 radical (unpaired) electrons. The second kappa shape index (κ2) is 4.43. The predicted octanol–water partition coefficient (Wildman–Crippen LogP) is 0.718. The highest BCUT2D eigenvalue weighted by atomic mass is 19.1. The first kappa shape index (κ1) is 12.3. The maximum Gasteiger partial charge on any atom is 0.151 e. The number of anilines is 1. The number of hydrogen-bond donors (Lipinski definition) is 2. The number of nitrogen functional groups attached to an aromatic ring is 1. The van der Waals surface area contributed by atoms with Crippen molar-refractivity contribution in [1.82, 2.24) is 14.6 Å². The van der Waals surface area contributed by atoms with E-state index in [4.69, 9.17) is 10.5 Å². The van der Waals surface area contributed by atoms with Crippen LogP contribution in [-0.2, 0) is 4.74 Å². The van der Waals surface area contributed by atoms with Crippen LogP contribution in [0.4, 0.5) is 10.2 Å². The lowest BCUT2D eigenvalue weighted by atomic mass is 9.99. The molecule has 102 valence electrons. The average molecular weight is 266 g/mol. The Morgan fingerprint density at radius 3 is 3.00 bits per heavy atom. The van der Waals surface area contributed by atoms with Gasteiger partial charge in [0.25, 0.3) is 0 Å². The summed E-state index contributed by atoms with van der Waals surface area (Å²) in [7, 11) is 0. The van der Waals surface area contributed by atoms with Gasteiger partial charge < -0.3 is 15.6 Å². The predicted molar refractivity (Wildman–Crippen MR) is 66.2 cm³/mol. The van der Waals surface area contributed by atoms with Crippen LogP contribution in [0.2, 0.25) is 0 Å². The fraction of sp³-hybridized carbons (Fsp3) is 0.500. The molecule has 6 nitrogen and oxygen atoms in total. The highest BCUT2D eigenvalue weighted by Crippen LogP contribution is 2.39. The van der Waals surface area contributed by atoms with Gasteiger partial charge in [0, 0.05) is 5.92 Å². The number of rotatable bonds is 2. The molecule has 7 heteroatoms. The van der Waals surface area contributed by atoms with Gasteiger partial charge >= 0.3 is 0 Å². The minimum atomic E-state index is -1.19. The second-order valence-corrected chi connectivity index (χ2v) is 4.78. The van der Waals surface area contributed by atoms with Crippen molar-refractivity contribution in [1.29, 1.82) is 0 Å². The lowest BCUT2D eigenvalue weighted by molar-refractivity contribution is -0.00712. The SMILES string of the molecule is C[C@H]1[C@H](F)[C@H](c2ccc3c(N)ncnn23)O[C@@H]1CO. The first-order chi connectivity index (χ1) is 9.13. The van der Waals surface area contributed by atoms with E-state index in [1.807, 2.05) is 0 Å². The quantitative estimate of drug-likeness (QED) is 0.836. The molecule has 19 heavy (non-hydrogen) atoms. The van der Waals surface area contributed by atoms with Gasteiger partial charge in [-0.05, 0) is 12.1 Å². The highest BCUT2D eigenvalue weighted by Gasteiger charge is 2.43. The number of aliphatic hydroxyl groups is 1. The Kier molecular flexibility index (Phi) is 2.87. The van der Waals surface area contributed by atoms with Gasteiger partial charge in [0.2, 0.25) is 0 Å². The van der Waals surface area contributed by atoms with Gasteiger partial charge in [-0.25, -0.2) is 13.9 Å². The van der Waals surface area contributed by atoms with E-state index in [0.29, 0.717) is 17.0 Å². The molecule has 0 saturated carbocycles. The smallest absolute Gasteiger partial charge is 0.151 e. The van der Waals surface area contributed by atoms with Crippen molar-refractivity contribution >= 4 is 11.3 Å². The zero-order chi connectivity index (χ0) is 13.6. The molecule has 1 aliphatic heterocycles. The Labute approximate surface area is 109 Å². The molecule has 0 spiro atoms.